The van der Waals surface area contributed by atoms with E-state index >= 15 is 0 Å². The van der Waals surface area contributed by atoms with Gasteiger partial charge in [0.05, 0.1) is 18.9 Å². The lowest BCUT2D eigenvalue weighted by molar-refractivity contribution is 0.111. The van der Waals surface area contributed by atoms with E-state index in [-0.39, 0.29) is 0 Å². The molecule has 0 aliphatic carbocycles. The maximum absolute atomic E-state index is 5.41. The Labute approximate surface area is 94.1 Å². The number of aromatic nitrogens is 1. The maximum Gasteiger partial charge on any atom is 0.226 e. The molecular weight excluding hydrogens is 202 g/mol. The van der Waals surface area contributed by atoms with Crippen molar-refractivity contribution in [3.8, 4) is 11.5 Å². The molecule has 0 N–H and O–H groups in total. The van der Waals surface area contributed by atoms with Crippen LogP contribution in [-0.4, -0.2) is 11.6 Å². The SMILES string of the molecule is Cc1coc(-c2ccc3c(c2)CCOC3)n1. The van der Waals surface area contributed by atoms with Gasteiger partial charge >= 0.3 is 0 Å². The van der Waals surface area contributed by atoms with E-state index in [1.54, 1.807) is 6.26 Å². The summed E-state index contributed by atoms with van der Waals surface area (Å²) in [6.45, 7) is 3.46. The number of nitrogens with zero attached hydrogens (tertiary/aromatic N) is 1. The zero-order valence-corrected chi connectivity index (χ0v) is 9.19. The Balaban J connectivity index is 2.02. The largest absolute Gasteiger partial charge is 0.444 e. The number of fused-ring (bicyclic) bond motifs is 1. The van der Waals surface area contributed by atoms with Crippen molar-refractivity contribution in [2.24, 2.45) is 0 Å². The summed E-state index contributed by atoms with van der Waals surface area (Å²) in [6.07, 6.45) is 2.65. The number of ether oxygens (including phenoxy) is 1. The topological polar surface area (TPSA) is 35.3 Å². The molecule has 0 bridgehead atoms. The summed E-state index contributed by atoms with van der Waals surface area (Å²) >= 11 is 0. The van der Waals surface area contributed by atoms with E-state index in [0.29, 0.717) is 5.89 Å². The molecule has 0 radical (unpaired) electrons. The van der Waals surface area contributed by atoms with Gasteiger partial charge in [0, 0.05) is 5.56 Å². The lowest BCUT2D eigenvalue weighted by Crippen LogP contribution is -2.09. The zero-order valence-electron chi connectivity index (χ0n) is 9.19. The van der Waals surface area contributed by atoms with E-state index in [9.17, 15) is 0 Å². The van der Waals surface area contributed by atoms with Gasteiger partial charge in [-0.25, -0.2) is 4.98 Å². The summed E-state index contributed by atoms with van der Waals surface area (Å²) in [6, 6.07) is 6.30. The average Bonchev–Trinajstić information content (AvgIpc) is 2.75. The lowest BCUT2D eigenvalue weighted by atomic mass is 10.0. The van der Waals surface area contributed by atoms with Gasteiger partial charge < -0.3 is 9.15 Å². The molecule has 2 heterocycles. The van der Waals surface area contributed by atoms with E-state index in [0.717, 1.165) is 30.9 Å². The molecule has 82 valence electrons. The van der Waals surface area contributed by atoms with Crippen molar-refractivity contribution in [1.29, 1.82) is 0 Å². The van der Waals surface area contributed by atoms with Gasteiger partial charge in [0.1, 0.15) is 6.26 Å². The molecule has 0 atom stereocenters. The quantitative estimate of drug-likeness (QED) is 0.733. The van der Waals surface area contributed by atoms with E-state index in [4.69, 9.17) is 9.15 Å². The Morgan fingerprint density at radius 1 is 1.25 bits per heavy atom. The molecule has 1 aliphatic rings. The van der Waals surface area contributed by atoms with Crippen molar-refractivity contribution in [2.75, 3.05) is 6.61 Å². The molecule has 16 heavy (non-hydrogen) atoms. The Hall–Kier alpha value is -1.61. The second-order valence-electron chi connectivity index (χ2n) is 4.08. The highest BCUT2D eigenvalue weighted by atomic mass is 16.5. The van der Waals surface area contributed by atoms with E-state index in [1.807, 2.05) is 13.0 Å². The van der Waals surface area contributed by atoms with Crippen LogP contribution in [0.15, 0.2) is 28.9 Å². The average molecular weight is 215 g/mol. The summed E-state index contributed by atoms with van der Waals surface area (Å²) in [4.78, 5) is 4.33. The van der Waals surface area contributed by atoms with Crippen LogP contribution in [0.4, 0.5) is 0 Å². The maximum atomic E-state index is 5.41. The number of oxazole rings is 1. The number of benzene rings is 1. The van der Waals surface area contributed by atoms with Crippen LogP contribution in [0.1, 0.15) is 16.8 Å². The molecule has 0 fully saturated rings. The van der Waals surface area contributed by atoms with Crippen LogP contribution in [0.2, 0.25) is 0 Å². The molecule has 1 aliphatic heterocycles. The van der Waals surface area contributed by atoms with Crippen LogP contribution in [0.3, 0.4) is 0 Å². The first kappa shape index (κ1) is 9.60. The van der Waals surface area contributed by atoms with Crippen molar-refractivity contribution in [3.63, 3.8) is 0 Å². The van der Waals surface area contributed by atoms with Gasteiger partial charge in [0.15, 0.2) is 0 Å². The normalized spacial score (nSPS) is 14.8. The first-order valence-electron chi connectivity index (χ1n) is 5.45. The van der Waals surface area contributed by atoms with Gasteiger partial charge in [-0.05, 0) is 36.6 Å². The smallest absolute Gasteiger partial charge is 0.226 e. The lowest BCUT2D eigenvalue weighted by Gasteiger charge is -2.16. The van der Waals surface area contributed by atoms with Crippen LogP contribution in [-0.2, 0) is 17.8 Å². The van der Waals surface area contributed by atoms with E-state index < -0.39 is 0 Å². The van der Waals surface area contributed by atoms with Gasteiger partial charge in [-0.1, -0.05) is 6.07 Å². The third-order valence-electron chi connectivity index (χ3n) is 2.85. The number of aryl methyl sites for hydroxylation is 1. The van der Waals surface area contributed by atoms with Crippen molar-refractivity contribution >= 4 is 0 Å². The highest BCUT2D eigenvalue weighted by molar-refractivity contribution is 5.56. The predicted octanol–water partition coefficient (Wildman–Crippen LogP) is 2.72. The monoisotopic (exact) mass is 215 g/mol. The van der Waals surface area contributed by atoms with Crippen molar-refractivity contribution < 1.29 is 9.15 Å². The zero-order chi connectivity index (χ0) is 11.0. The van der Waals surface area contributed by atoms with Gasteiger partial charge in [-0.2, -0.15) is 0 Å². The minimum atomic E-state index is 0.701. The Kier molecular flexibility index (Phi) is 2.26. The molecule has 1 aromatic carbocycles. The second-order valence-corrected chi connectivity index (χ2v) is 4.08. The molecule has 0 unspecified atom stereocenters. The highest BCUT2D eigenvalue weighted by Crippen LogP contribution is 2.24. The number of hydrogen-bond acceptors (Lipinski definition) is 3. The highest BCUT2D eigenvalue weighted by Gasteiger charge is 2.12. The van der Waals surface area contributed by atoms with Gasteiger partial charge in [-0.15, -0.1) is 0 Å². The molecule has 0 saturated heterocycles. The molecule has 0 spiro atoms. The molecule has 2 aromatic rings. The minimum absolute atomic E-state index is 0.701. The predicted molar refractivity (Wildman–Crippen MR) is 60.0 cm³/mol. The molecule has 1 aromatic heterocycles. The van der Waals surface area contributed by atoms with Gasteiger partial charge in [0.25, 0.3) is 0 Å². The third kappa shape index (κ3) is 1.63. The molecular formula is C13H13NO2. The second kappa shape index (κ2) is 3.76. The minimum Gasteiger partial charge on any atom is -0.444 e. The number of rotatable bonds is 1. The fourth-order valence-corrected chi connectivity index (χ4v) is 1.98. The summed E-state index contributed by atoms with van der Waals surface area (Å²) < 4.78 is 10.8. The third-order valence-corrected chi connectivity index (χ3v) is 2.85. The first-order chi connectivity index (χ1) is 7.83. The Morgan fingerprint density at radius 2 is 2.19 bits per heavy atom. The van der Waals surface area contributed by atoms with E-state index in [1.165, 1.54) is 11.1 Å². The summed E-state index contributed by atoms with van der Waals surface area (Å²) in [5, 5.41) is 0. The van der Waals surface area contributed by atoms with Crippen LogP contribution in [0.5, 0.6) is 0 Å². The van der Waals surface area contributed by atoms with Crippen molar-refractivity contribution in [1.82, 2.24) is 4.98 Å². The van der Waals surface area contributed by atoms with Crippen LogP contribution in [0.25, 0.3) is 11.5 Å². The summed E-state index contributed by atoms with van der Waals surface area (Å²) in [5.41, 5.74) is 4.59. The Morgan fingerprint density at radius 3 is 3.00 bits per heavy atom. The fourth-order valence-electron chi connectivity index (χ4n) is 1.98. The van der Waals surface area contributed by atoms with Crippen LogP contribution < -0.4 is 0 Å². The Bertz CT molecular complexity index is 516. The summed E-state index contributed by atoms with van der Waals surface area (Å²) in [5.74, 6) is 0.701. The van der Waals surface area contributed by atoms with Crippen LogP contribution in [0, 0.1) is 6.92 Å². The fraction of sp³-hybridized carbons (Fsp3) is 0.308. The van der Waals surface area contributed by atoms with Crippen molar-refractivity contribution in [2.45, 2.75) is 20.0 Å². The van der Waals surface area contributed by atoms with Gasteiger partial charge in [-0.3, -0.25) is 0 Å². The first-order valence-corrected chi connectivity index (χ1v) is 5.45. The standard InChI is InChI=1S/C13H13NO2/c1-9-7-16-13(14-9)11-2-3-12-8-15-5-4-10(12)6-11/h2-3,6-7H,4-5,8H2,1H3. The van der Waals surface area contributed by atoms with Crippen molar-refractivity contribution in [3.05, 3.63) is 41.3 Å². The van der Waals surface area contributed by atoms with Gasteiger partial charge in [0.2, 0.25) is 5.89 Å². The van der Waals surface area contributed by atoms with E-state index in [2.05, 4.69) is 17.1 Å². The molecule has 0 saturated carbocycles. The van der Waals surface area contributed by atoms with Crippen LogP contribution >= 0.6 is 0 Å². The molecule has 3 rings (SSSR count). The summed E-state index contributed by atoms with van der Waals surface area (Å²) in [7, 11) is 0. The molecule has 3 heteroatoms. The molecule has 0 amide bonds. The molecule has 3 nitrogen and oxygen atoms in total. The number of hydrogen-bond donors (Lipinski definition) is 0.